The molecule has 0 aromatic heterocycles. The molecule has 1 aliphatic rings. The molecule has 2 aromatic rings. The number of carbonyl (C=O) groups is 1. The molecule has 7 nitrogen and oxygen atoms in total. The Hall–Kier alpha value is -3.20. The van der Waals surface area contributed by atoms with E-state index in [1.165, 1.54) is 42.1 Å². The standard InChI is InChI=1S/C20H19FN4O3S/c1-20(10-11-29-19(22)24-20)14-5-8-16(21)17(12-14)23-18(26)9-4-13-2-6-15(7-3-13)25(27)28/h2-9,12H,10-11H2,1H3,(H3-,22,23,24,26,27,28)/p+1/b9-4+. The monoisotopic (exact) mass is 415 g/mol. The first-order valence-electron chi connectivity index (χ1n) is 8.80. The lowest BCUT2D eigenvalue weighted by molar-refractivity contribution is -0.729. The van der Waals surface area contributed by atoms with Gasteiger partial charge in [0.05, 0.1) is 16.1 Å². The van der Waals surface area contributed by atoms with Crippen molar-refractivity contribution in [3.05, 3.63) is 70.4 Å². The van der Waals surface area contributed by atoms with Crippen molar-refractivity contribution >= 4 is 40.3 Å². The van der Waals surface area contributed by atoms with E-state index in [1.807, 2.05) is 6.92 Å². The van der Waals surface area contributed by atoms with E-state index in [0.717, 1.165) is 17.7 Å². The third kappa shape index (κ3) is 5.00. The summed E-state index contributed by atoms with van der Waals surface area (Å²) in [6.45, 7) is 1.93. The Bertz CT molecular complexity index is 1010. The molecule has 1 heterocycles. The highest BCUT2D eigenvalue weighted by atomic mass is 32.2. The predicted molar refractivity (Wildman–Crippen MR) is 112 cm³/mol. The zero-order valence-corrected chi connectivity index (χ0v) is 16.4. The summed E-state index contributed by atoms with van der Waals surface area (Å²) >= 11 is 1.48. The van der Waals surface area contributed by atoms with Crippen LogP contribution in [-0.4, -0.2) is 27.0 Å². The molecule has 2 aromatic carbocycles. The highest BCUT2D eigenvalue weighted by Gasteiger charge is 2.30. The van der Waals surface area contributed by atoms with Gasteiger partial charge in [-0.15, -0.1) is 0 Å². The Labute approximate surface area is 171 Å². The molecule has 1 unspecified atom stereocenters. The van der Waals surface area contributed by atoms with Crippen molar-refractivity contribution in [1.82, 2.24) is 0 Å². The average Bonchev–Trinajstić information content (AvgIpc) is 2.68. The minimum Gasteiger partial charge on any atom is -0.379 e. The normalized spacial score (nSPS) is 19.0. The third-order valence-electron chi connectivity index (χ3n) is 4.58. The maximum absolute atomic E-state index is 14.2. The van der Waals surface area contributed by atoms with Gasteiger partial charge in [0.2, 0.25) is 5.91 Å². The van der Waals surface area contributed by atoms with Crippen LogP contribution >= 0.6 is 11.8 Å². The molecule has 3 rings (SSSR count). The minimum atomic E-state index is -0.567. The van der Waals surface area contributed by atoms with Crippen LogP contribution in [0.15, 0.2) is 53.5 Å². The molecule has 1 amide bonds. The van der Waals surface area contributed by atoms with Crippen molar-refractivity contribution in [2.24, 2.45) is 10.7 Å². The molecule has 0 saturated carbocycles. The number of amidine groups is 1. The number of carbonyl (C=O) groups excluding carboxylic acids is 1. The van der Waals surface area contributed by atoms with Crippen molar-refractivity contribution in [2.75, 3.05) is 11.1 Å². The van der Waals surface area contributed by atoms with E-state index in [-0.39, 0.29) is 16.3 Å². The van der Waals surface area contributed by atoms with Gasteiger partial charge in [0.25, 0.3) is 4.92 Å². The number of nitrogens with one attached hydrogen (secondary N) is 1. The fourth-order valence-electron chi connectivity index (χ4n) is 2.91. The minimum absolute atomic E-state index is 0.0583. The summed E-state index contributed by atoms with van der Waals surface area (Å²) in [6, 6.07) is 10.5. The maximum Gasteiger partial charge on any atom is 0.316 e. The van der Waals surface area contributed by atoms with Gasteiger partial charge in [-0.1, -0.05) is 17.8 Å². The number of nitrogens with zero attached hydrogens (tertiary/aromatic N) is 2. The van der Waals surface area contributed by atoms with E-state index < -0.39 is 17.3 Å². The van der Waals surface area contributed by atoms with Crippen LogP contribution in [0.3, 0.4) is 0 Å². The molecule has 150 valence electrons. The zero-order chi connectivity index (χ0) is 21.0. The molecule has 0 radical (unpaired) electrons. The molecule has 0 bridgehead atoms. The number of halogens is 1. The molecule has 29 heavy (non-hydrogen) atoms. The number of aliphatic imine (C=N–C) groups is 1. The van der Waals surface area contributed by atoms with Gasteiger partial charge < -0.3 is 11.1 Å². The molecule has 4 N–H and O–H groups in total. The van der Waals surface area contributed by atoms with E-state index in [9.17, 15) is 14.1 Å². The molecule has 0 spiro atoms. The summed E-state index contributed by atoms with van der Waals surface area (Å²) in [5, 5.41) is 11.8. The average molecular weight is 415 g/mol. The fraction of sp³-hybridized carbons (Fsp3) is 0.200. The third-order valence-corrected chi connectivity index (χ3v) is 5.38. The summed E-state index contributed by atoms with van der Waals surface area (Å²) in [7, 11) is 0. The Kier molecular flexibility index (Phi) is 5.97. The number of amides is 1. The smallest absolute Gasteiger partial charge is 0.316 e. The van der Waals surface area contributed by atoms with E-state index >= 15 is 0 Å². The van der Waals surface area contributed by atoms with Crippen LogP contribution in [0, 0.1) is 10.7 Å². The first-order valence-corrected chi connectivity index (χ1v) is 9.79. The molecular weight excluding hydrogens is 395 g/mol. The number of anilines is 1. The second-order valence-electron chi connectivity index (χ2n) is 6.70. The maximum atomic E-state index is 14.2. The topological polar surface area (TPSA) is 108 Å². The SMILES string of the molecule is CC1(c2ccc(F)c(NC(=O)/C=C/c3ccc([N+](=O)O)cc3)c2)CCSC(N)=N1. The van der Waals surface area contributed by atoms with Crippen LogP contribution in [0.5, 0.6) is 0 Å². The lowest BCUT2D eigenvalue weighted by atomic mass is 9.89. The molecule has 1 aliphatic heterocycles. The summed E-state index contributed by atoms with van der Waals surface area (Å²) in [5.74, 6) is -0.249. The summed E-state index contributed by atoms with van der Waals surface area (Å²) in [4.78, 5) is 27.2. The highest BCUT2D eigenvalue weighted by molar-refractivity contribution is 8.13. The second kappa shape index (κ2) is 8.44. The Morgan fingerprint density at radius 2 is 2.07 bits per heavy atom. The Morgan fingerprint density at radius 1 is 1.34 bits per heavy atom. The number of nitrogens with two attached hydrogens (primary N) is 1. The summed E-state index contributed by atoms with van der Waals surface area (Å²) in [5.41, 5.74) is 6.81. The van der Waals surface area contributed by atoms with Crippen molar-refractivity contribution < 1.29 is 19.3 Å². The summed E-state index contributed by atoms with van der Waals surface area (Å²) in [6.07, 6.45) is 3.52. The first-order chi connectivity index (χ1) is 13.8. The first kappa shape index (κ1) is 20.5. The van der Waals surface area contributed by atoms with Crippen molar-refractivity contribution in [2.45, 2.75) is 18.9 Å². The van der Waals surface area contributed by atoms with Gasteiger partial charge >= 0.3 is 5.69 Å². The number of thioether (sulfide) groups is 1. The molecular formula is C20H20FN4O3S+. The Morgan fingerprint density at radius 3 is 2.72 bits per heavy atom. The largest absolute Gasteiger partial charge is 0.379 e. The molecule has 9 heteroatoms. The molecule has 1 atom stereocenters. The van der Waals surface area contributed by atoms with Gasteiger partial charge in [0, 0.05) is 24.0 Å². The van der Waals surface area contributed by atoms with Gasteiger partial charge in [-0.05, 0) is 54.8 Å². The summed E-state index contributed by atoms with van der Waals surface area (Å²) < 4.78 is 14.2. The van der Waals surface area contributed by atoms with Crippen LogP contribution in [0.25, 0.3) is 6.08 Å². The van der Waals surface area contributed by atoms with Crippen LogP contribution in [0.2, 0.25) is 0 Å². The predicted octanol–water partition coefficient (Wildman–Crippen LogP) is 3.94. The number of rotatable bonds is 5. The van der Waals surface area contributed by atoms with Crippen LogP contribution < -0.4 is 11.1 Å². The number of benzene rings is 2. The van der Waals surface area contributed by atoms with Gasteiger partial charge in [0.1, 0.15) is 5.82 Å². The van der Waals surface area contributed by atoms with Gasteiger partial charge in [-0.3, -0.25) is 9.79 Å². The van der Waals surface area contributed by atoms with Crippen LogP contribution in [-0.2, 0) is 10.3 Å². The van der Waals surface area contributed by atoms with E-state index in [4.69, 9.17) is 10.9 Å². The molecule has 0 fully saturated rings. The van der Waals surface area contributed by atoms with Crippen molar-refractivity contribution in [3.8, 4) is 0 Å². The Balaban J connectivity index is 1.75. The van der Waals surface area contributed by atoms with Crippen molar-refractivity contribution in [3.63, 3.8) is 0 Å². The van der Waals surface area contributed by atoms with E-state index in [0.29, 0.717) is 10.7 Å². The number of hydrogen-bond acceptors (Lipinski definition) is 5. The van der Waals surface area contributed by atoms with Gasteiger partial charge in [0.15, 0.2) is 5.17 Å². The van der Waals surface area contributed by atoms with Gasteiger partial charge in [-0.25, -0.2) is 9.60 Å². The lowest BCUT2D eigenvalue weighted by Crippen LogP contribution is -2.29. The zero-order valence-electron chi connectivity index (χ0n) is 15.6. The van der Waals surface area contributed by atoms with Crippen LogP contribution in [0.4, 0.5) is 15.8 Å². The van der Waals surface area contributed by atoms with E-state index in [2.05, 4.69) is 10.3 Å². The van der Waals surface area contributed by atoms with E-state index in [1.54, 1.807) is 24.3 Å². The fourth-order valence-corrected chi connectivity index (χ4v) is 3.88. The lowest BCUT2D eigenvalue weighted by Gasteiger charge is -2.30. The molecule has 0 saturated heterocycles. The second-order valence-corrected chi connectivity index (χ2v) is 7.82. The molecule has 0 aliphatic carbocycles. The van der Waals surface area contributed by atoms with Crippen molar-refractivity contribution in [1.29, 1.82) is 0 Å². The number of hydrogen-bond donors (Lipinski definition) is 3. The quantitative estimate of drug-likeness (QED) is 0.506. The van der Waals surface area contributed by atoms with Crippen LogP contribution in [0.1, 0.15) is 24.5 Å². The van der Waals surface area contributed by atoms with Gasteiger partial charge in [-0.2, -0.15) is 0 Å². The highest BCUT2D eigenvalue weighted by Crippen LogP contribution is 2.36.